The average Bonchev–Trinajstić information content (AvgIpc) is 2.50. The summed E-state index contributed by atoms with van der Waals surface area (Å²) in [5, 5.41) is 0.560. The van der Waals surface area contributed by atoms with Crippen LogP contribution in [0.4, 0.5) is 10.3 Å². The second-order valence-electron chi connectivity index (χ2n) is 4.77. The number of piperidine rings is 1. The van der Waals surface area contributed by atoms with Crippen LogP contribution in [0, 0.1) is 5.82 Å². The van der Waals surface area contributed by atoms with Gasteiger partial charge in [0.2, 0.25) is 11.2 Å². The number of hydrogen-bond acceptors (Lipinski definition) is 5. The van der Waals surface area contributed by atoms with E-state index in [0.717, 1.165) is 37.7 Å². The molecule has 2 heterocycles. The number of aromatic nitrogens is 3. The van der Waals surface area contributed by atoms with Gasteiger partial charge in [0, 0.05) is 13.1 Å². The average molecular weight is 325 g/mol. The van der Waals surface area contributed by atoms with Gasteiger partial charge >= 0.3 is 0 Å². The van der Waals surface area contributed by atoms with Gasteiger partial charge < -0.3 is 4.90 Å². The van der Waals surface area contributed by atoms with Crippen molar-refractivity contribution in [1.29, 1.82) is 0 Å². The third-order valence-electron chi connectivity index (χ3n) is 3.25. The summed E-state index contributed by atoms with van der Waals surface area (Å²) in [6.07, 6.45) is 3.48. The Morgan fingerprint density at radius 1 is 1.05 bits per heavy atom. The molecule has 1 fully saturated rings. The van der Waals surface area contributed by atoms with Gasteiger partial charge in [0.15, 0.2) is 5.16 Å². The fourth-order valence-corrected chi connectivity index (χ4v) is 3.20. The zero-order valence-corrected chi connectivity index (χ0v) is 12.9. The maximum Gasteiger partial charge on any atom is 0.230 e. The van der Waals surface area contributed by atoms with Gasteiger partial charge in [-0.1, -0.05) is 12.1 Å². The highest BCUT2D eigenvalue weighted by atomic mass is 35.5. The molecule has 7 heteroatoms. The minimum Gasteiger partial charge on any atom is -0.341 e. The van der Waals surface area contributed by atoms with Gasteiger partial charge in [0.25, 0.3) is 0 Å². The van der Waals surface area contributed by atoms with Crippen LogP contribution in [0.15, 0.2) is 34.3 Å². The number of rotatable bonds is 3. The smallest absolute Gasteiger partial charge is 0.230 e. The second-order valence-corrected chi connectivity index (χ2v) is 6.11. The molecule has 0 bridgehead atoms. The Hall–Kier alpha value is -1.40. The first-order valence-electron chi connectivity index (χ1n) is 6.81. The topological polar surface area (TPSA) is 41.9 Å². The van der Waals surface area contributed by atoms with Crippen LogP contribution >= 0.6 is 23.4 Å². The van der Waals surface area contributed by atoms with Crippen LogP contribution < -0.4 is 4.90 Å². The quantitative estimate of drug-likeness (QED) is 0.859. The summed E-state index contributed by atoms with van der Waals surface area (Å²) in [5.41, 5.74) is 0. The molecule has 110 valence electrons. The molecular weight excluding hydrogens is 311 g/mol. The molecule has 3 rings (SSSR count). The lowest BCUT2D eigenvalue weighted by Crippen LogP contribution is -2.31. The van der Waals surface area contributed by atoms with Crippen LogP contribution in [0.5, 0.6) is 0 Å². The third-order valence-corrected chi connectivity index (χ3v) is 4.34. The molecule has 0 radical (unpaired) electrons. The summed E-state index contributed by atoms with van der Waals surface area (Å²) in [6, 6.07) is 6.54. The Morgan fingerprint density at radius 3 is 2.57 bits per heavy atom. The van der Waals surface area contributed by atoms with Crippen molar-refractivity contribution in [2.75, 3.05) is 18.0 Å². The lowest BCUT2D eigenvalue weighted by molar-refractivity contribution is 0.564. The molecular formula is C14H14ClFN4S. The Bertz CT molecular complexity index is 634. The van der Waals surface area contributed by atoms with Crippen LogP contribution in [-0.2, 0) is 0 Å². The molecule has 1 aliphatic heterocycles. The molecule has 2 aromatic rings. The number of halogens is 2. The highest BCUT2D eigenvalue weighted by Gasteiger charge is 2.16. The van der Waals surface area contributed by atoms with Crippen molar-refractivity contribution in [3.05, 3.63) is 35.4 Å². The lowest BCUT2D eigenvalue weighted by Gasteiger charge is -2.26. The standard InChI is InChI=1S/C14H14ClFN4S/c15-12-17-13(20-8-4-1-5-9-20)19-14(18-12)21-11-7-3-2-6-10(11)16/h2-3,6-7H,1,4-5,8-9H2. The largest absolute Gasteiger partial charge is 0.341 e. The van der Waals surface area contributed by atoms with E-state index in [1.165, 1.54) is 12.5 Å². The van der Waals surface area contributed by atoms with Gasteiger partial charge in [-0.3, -0.25) is 0 Å². The second kappa shape index (κ2) is 6.58. The molecule has 0 atom stereocenters. The summed E-state index contributed by atoms with van der Waals surface area (Å²) in [4.78, 5) is 15.2. The van der Waals surface area contributed by atoms with E-state index >= 15 is 0 Å². The minimum atomic E-state index is -0.293. The number of hydrogen-bond donors (Lipinski definition) is 0. The number of anilines is 1. The van der Waals surface area contributed by atoms with E-state index in [-0.39, 0.29) is 11.1 Å². The number of nitrogens with zero attached hydrogens (tertiary/aromatic N) is 4. The fourth-order valence-electron chi connectivity index (χ4n) is 2.23. The predicted octanol–water partition coefficient (Wildman–Crippen LogP) is 3.81. The number of benzene rings is 1. The van der Waals surface area contributed by atoms with E-state index < -0.39 is 0 Å². The maximum absolute atomic E-state index is 13.7. The van der Waals surface area contributed by atoms with Gasteiger partial charge in [0.1, 0.15) is 5.82 Å². The highest BCUT2D eigenvalue weighted by molar-refractivity contribution is 7.99. The summed E-state index contributed by atoms with van der Waals surface area (Å²) in [7, 11) is 0. The van der Waals surface area contributed by atoms with Crippen LogP contribution in [0.2, 0.25) is 5.28 Å². The van der Waals surface area contributed by atoms with Crippen molar-refractivity contribution in [1.82, 2.24) is 15.0 Å². The van der Waals surface area contributed by atoms with Gasteiger partial charge in [-0.15, -0.1) is 0 Å². The summed E-state index contributed by atoms with van der Waals surface area (Å²) in [6.45, 7) is 1.84. The van der Waals surface area contributed by atoms with Crippen LogP contribution in [0.3, 0.4) is 0 Å². The van der Waals surface area contributed by atoms with Crippen molar-refractivity contribution in [2.45, 2.75) is 29.3 Å². The highest BCUT2D eigenvalue weighted by Crippen LogP contribution is 2.29. The Kier molecular flexibility index (Phi) is 4.55. The Morgan fingerprint density at radius 2 is 1.81 bits per heavy atom. The molecule has 1 aromatic heterocycles. The summed E-state index contributed by atoms with van der Waals surface area (Å²) in [5.74, 6) is 0.284. The first kappa shape index (κ1) is 14.5. The Balaban J connectivity index is 1.85. The zero-order valence-electron chi connectivity index (χ0n) is 11.3. The molecule has 0 unspecified atom stereocenters. The summed E-state index contributed by atoms with van der Waals surface area (Å²) >= 11 is 7.14. The van der Waals surface area contributed by atoms with E-state index in [0.29, 0.717) is 16.0 Å². The molecule has 0 N–H and O–H groups in total. The molecule has 0 aliphatic carbocycles. The molecule has 1 aromatic carbocycles. The molecule has 4 nitrogen and oxygen atoms in total. The summed E-state index contributed by atoms with van der Waals surface area (Å²) < 4.78 is 13.7. The monoisotopic (exact) mass is 324 g/mol. The van der Waals surface area contributed by atoms with Gasteiger partial charge in [-0.25, -0.2) is 4.39 Å². The molecule has 21 heavy (non-hydrogen) atoms. The molecule has 1 saturated heterocycles. The first-order chi connectivity index (χ1) is 10.2. The van der Waals surface area contributed by atoms with E-state index in [4.69, 9.17) is 11.6 Å². The molecule has 0 saturated carbocycles. The normalized spacial score (nSPS) is 15.2. The third kappa shape index (κ3) is 3.63. The van der Waals surface area contributed by atoms with Gasteiger partial charge in [0.05, 0.1) is 4.90 Å². The van der Waals surface area contributed by atoms with Gasteiger partial charge in [-0.05, 0) is 54.8 Å². The van der Waals surface area contributed by atoms with Gasteiger partial charge in [-0.2, -0.15) is 15.0 Å². The minimum absolute atomic E-state index is 0.143. The van der Waals surface area contributed by atoms with Crippen molar-refractivity contribution < 1.29 is 4.39 Å². The van der Waals surface area contributed by atoms with E-state index in [1.54, 1.807) is 18.2 Å². The predicted molar refractivity (Wildman–Crippen MR) is 81.4 cm³/mol. The van der Waals surface area contributed by atoms with Crippen molar-refractivity contribution in [2.24, 2.45) is 0 Å². The van der Waals surface area contributed by atoms with E-state index in [2.05, 4.69) is 19.9 Å². The molecule has 0 amide bonds. The van der Waals surface area contributed by atoms with Crippen LogP contribution in [0.25, 0.3) is 0 Å². The molecule has 1 aliphatic rings. The lowest BCUT2D eigenvalue weighted by atomic mass is 10.1. The van der Waals surface area contributed by atoms with Crippen molar-refractivity contribution in [3.8, 4) is 0 Å². The molecule has 0 spiro atoms. The SMILES string of the molecule is Fc1ccccc1Sc1nc(Cl)nc(N2CCCCC2)n1. The van der Waals surface area contributed by atoms with E-state index in [9.17, 15) is 4.39 Å². The Labute approximate surface area is 131 Å². The van der Waals surface area contributed by atoms with Crippen molar-refractivity contribution >= 4 is 29.3 Å². The van der Waals surface area contributed by atoms with Crippen molar-refractivity contribution in [3.63, 3.8) is 0 Å². The van der Waals surface area contributed by atoms with E-state index in [1.807, 2.05) is 0 Å². The van der Waals surface area contributed by atoms with Crippen LogP contribution in [0.1, 0.15) is 19.3 Å². The zero-order chi connectivity index (χ0) is 14.7. The van der Waals surface area contributed by atoms with Crippen LogP contribution in [-0.4, -0.2) is 28.0 Å². The maximum atomic E-state index is 13.7. The fraction of sp³-hybridized carbons (Fsp3) is 0.357. The first-order valence-corrected chi connectivity index (χ1v) is 8.01.